The van der Waals surface area contributed by atoms with Crippen LogP contribution in [0, 0.1) is 0 Å². The lowest BCUT2D eigenvalue weighted by Gasteiger charge is -2.33. The highest BCUT2D eigenvalue weighted by Gasteiger charge is 2.50. The van der Waals surface area contributed by atoms with Crippen LogP contribution in [0.15, 0.2) is 64.0 Å². The number of aldehydes is 1. The van der Waals surface area contributed by atoms with Crippen molar-refractivity contribution in [1.82, 2.24) is 9.88 Å². The number of hydrogen-bond acceptors (Lipinski definition) is 7. The Bertz CT molecular complexity index is 1210. The number of carbonyl (C=O) groups is 2. The molecule has 1 aliphatic rings. The van der Waals surface area contributed by atoms with E-state index in [2.05, 4.69) is 4.98 Å². The molecule has 0 spiro atoms. The number of rotatable bonds is 7. The standard InChI is InChI=1S/C24H21ClF3N3O3S/c1-23(2)21(20(33)13-32)31(17-7-9-19(10-8-17)35-24(26,27)28)14-30(23)12-18-11-29-22(34-18)15-3-5-16(25)6-4-15/h3-11,13,21H,12,14H2,1-2H3. The van der Waals surface area contributed by atoms with Crippen molar-refractivity contribution < 1.29 is 27.2 Å². The fourth-order valence-electron chi connectivity index (χ4n) is 4.19. The predicted molar refractivity (Wildman–Crippen MR) is 127 cm³/mol. The molecular formula is C24H21ClF3N3O3S. The molecule has 0 bridgehead atoms. The zero-order valence-electron chi connectivity index (χ0n) is 18.8. The van der Waals surface area contributed by atoms with E-state index >= 15 is 0 Å². The Morgan fingerprint density at radius 1 is 1.20 bits per heavy atom. The van der Waals surface area contributed by atoms with Crippen molar-refractivity contribution in [1.29, 1.82) is 0 Å². The fourth-order valence-corrected chi connectivity index (χ4v) is 4.85. The van der Waals surface area contributed by atoms with Gasteiger partial charge in [0.2, 0.25) is 11.7 Å². The molecule has 2 heterocycles. The second-order valence-corrected chi connectivity index (χ2v) is 10.1. The number of thioether (sulfide) groups is 1. The van der Waals surface area contributed by atoms with Crippen LogP contribution in [0.5, 0.6) is 0 Å². The number of alkyl halides is 3. The van der Waals surface area contributed by atoms with Gasteiger partial charge < -0.3 is 9.32 Å². The molecule has 1 fully saturated rings. The van der Waals surface area contributed by atoms with Gasteiger partial charge in [-0.2, -0.15) is 13.2 Å². The molecule has 6 nitrogen and oxygen atoms in total. The Morgan fingerprint density at radius 2 is 1.86 bits per heavy atom. The molecule has 184 valence electrons. The van der Waals surface area contributed by atoms with Crippen molar-refractivity contribution >= 4 is 41.1 Å². The number of halogens is 4. The molecule has 0 radical (unpaired) electrons. The van der Waals surface area contributed by atoms with Crippen molar-refractivity contribution in [3.8, 4) is 11.5 Å². The van der Waals surface area contributed by atoms with Gasteiger partial charge in [-0.05, 0) is 74.1 Å². The smallest absolute Gasteiger partial charge is 0.440 e. The molecule has 1 aliphatic heterocycles. The second kappa shape index (κ2) is 9.67. The molecule has 0 saturated carbocycles. The zero-order chi connectivity index (χ0) is 25.4. The number of aromatic nitrogens is 1. The Balaban J connectivity index is 1.58. The van der Waals surface area contributed by atoms with Crippen LogP contribution >= 0.6 is 23.4 Å². The van der Waals surface area contributed by atoms with Crippen molar-refractivity contribution in [3.63, 3.8) is 0 Å². The summed E-state index contributed by atoms with van der Waals surface area (Å²) in [6, 6.07) is 11.9. The first-order chi connectivity index (χ1) is 16.5. The maximum Gasteiger partial charge on any atom is 0.446 e. The van der Waals surface area contributed by atoms with Crippen molar-refractivity contribution in [2.24, 2.45) is 0 Å². The maximum atomic E-state index is 12.7. The molecule has 1 saturated heterocycles. The van der Waals surface area contributed by atoms with Crippen molar-refractivity contribution in [2.75, 3.05) is 11.6 Å². The minimum absolute atomic E-state index is 0.0335. The summed E-state index contributed by atoms with van der Waals surface area (Å²) < 4.78 is 44.0. The number of anilines is 1. The lowest BCUT2D eigenvalue weighted by molar-refractivity contribution is -0.131. The lowest BCUT2D eigenvalue weighted by atomic mass is 9.91. The summed E-state index contributed by atoms with van der Waals surface area (Å²) in [4.78, 5) is 32.1. The van der Waals surface area contributed by atoms with E-state index in [0.717, 1.165) is 5.56 Å². The van der Waals surface area contributed by atoms with Gasteiger partial charge in [-0.15, -0.1) is 0 Å². The quantitative estimate of drug-likeness (QED) is 0.220. The lowest BCUT2D eigenvalue weighted by Crippen LogP contribution is -2.51. The third-order valence-corrected chi connectivity index (χ3v) is 6.89. The van der Waals surface area contributed by atoms with E-state index in [-0.39, 0.29) is 29.6 Å². The van der Waals surface area contributed by atoms with E-state index in [0.29, 0.717) is 28.9 Å². The molecule has 35 heavy (non-hydrogen) atoms. The van der Waals surface area contributed by atoms with E-state index in [9.17, 15) is 22.8 Å². The Kier molecular flexibility index (Phi) is 6.99. The largest absolute Gasteiger partial charge is 0.446 e. The zero-order valence-corrected chi connectivity index (χ0v) is 20.3. The van der Waals surface area contributed by atoms with Crippen LogP contribution in [0.25, 0.3) is 11.5 Å². The third kappa shape index (κ3) is 5.55. The molecule has 0 amide bonds. The predicted octanol–water partition coefficient (Wildman–Crippen LogP) is 5.80. The first-order valence-corrected chi connectivity index (χ1v) is 11.7. The highest BCUT2D eigenvalue weighted by atomic mass is 35.5. The van der Waals surface area contributed by atoms with Crippen molar-refractivity contribution in [2.45, 2.75) is 42.4 Å². The Hall–Kier alpha value is -2.82. The SMILES string of the molecule is CC1(C)C(C(=O)C=O)N(c2ccc(SC(F)(F)F)cc2)CN1Cc1cnc(-c2ccc(Cl)cc2)o1. The van der Waals surface area contributed by atoms with Crippen LogP contribution in [0.3, 0.4) is 0 Å². The number of carbonyl (C=O) groups excluding carboxylic acids is 2. The second-order valence-electron chi connectivity index (χ2n) is 8.57. The number of benzene rings is 2. The monoisotopic (exact) mass is 523 g/mol. The van der Waals surface area contributed by atoms with E-state index in [4.69, 9.17) is 16.0 Å². The third-order valence-electron chi connectivity index (χ3n) is 5.90. The van der Waals surface area contributed by atoms with Gasteiger partial charge in [-0.25, -0.2) is 4.98 Å². The highest BCUT2D eigenvalue weighted by molar-refractivity contribution is 8.00. The van der Waals surface area contributed by atoms with E-state index < -0.39 is 22.9 Å². The molecule has 3 aromatic rings. The van der Waals surface area contributed by atoms with Crippen LogP contribution in [-0.4, -0.2) is 45.7 Å². The first kappa shape index (κ1) is 25.3. The Morgan fingerprint density at radius 3 is 2.46 bits per heavy atom. The van der Waals surface area contributed by atoms with E-state index in [1.165, 1.54) is 24.3 Å². The average Bonchev–Trinajstić information content (AvgIpc) is 3.36. The number of hydrogen-bond donors (Lipinski definition) is 0. The highest BCUT2D eigenvalue weighted by Crippen LogP contribution is 2.40. The number of Topliss-reactive ketones (excluding diaryl/α,β-unsaturated/α-hetero) is 1. The average molecular weight is 524 g/mol. The summed E-state index contributed by atoms with van der Waals surface area (Å²) in [6.07, 6.45) is 1.88. The van der Waals surface area contributed by atoms with E-state index in [1.54, 1.807) is 35.4 Å². The molecule has 2 aromatic carbocycles. The maximum absolute atomic E-state index is 12.7. The van der Waals surface area contributed by atoms with E-state index in [1.807, 2.05) is 18.7 Å². The summed E-state index contributed by atoms with van der Waals surface area (Å²) in [5.41, 5.74) is -3.89. The van der Waals surface area contributed by atoms with Gasteiger partial charge in [0.05, 0.1) is 19.4 Å². The molecule has 1 atom stereocenters. The molecule has 1 aromatic heterocycles. The minimum Gasteiger partial charge on any atom is -0.440 e. The van der Waals surface area contributed by atoms with Gasteiger partial charge in [-0.1, -0.05) is 11.6 Å². The minimum atomic E-state index is -4.40. The first-order valence-electron chi connectivity index (χ1n) is 10.5. The number of oxazole rings is 1. The van der Waals surface area contributed by atoms with Gasteiger partial charge >= 0.3 is 5.51 Å². The summed E-state index contributed by atoms with van der Waals surface area (Å²) in [5.74, 6) is 0.355. The van der Waals surface area contributed by atoms with Gasteiger partial charge in [0.1, 0.15) is 11.8 Å². The topological polar surface area (TPSA) is 66.7 Å². The van der Waals surface area contributed by atoms with Crippen LogP contribution < -0.4 is 4.90 Å². The molecule has 11 heteroatoms. The van der Waals surface area contributed by atoms with Gasteiger partial charge in [0, 0.05) is 26.7 Å². The molecule has 0 N–H and O–H groups in total. The number of nitrogens with zero attached hydrogens (tertiary/aromatic N) is 3. The molecular weight excluding hydrogens is 503 g/mol. The van der Waals surface area contributed by atoms with Gasteiger partial charge in [0.25, 0.3) is 0 Å². The molecule has 1 unspecified atom stereocenters. The summed E-state index contributed by atoms with van der Waals surface area (Å²) in [5, 5.41) is 0.593. The number of ketones is 1. The van der Waals surface area contributed by atoms with Crippen LogP contribution in [-0.2, 0) is 16.1 Å². The molecule has 0 aliphatic carbocycles. The van der Waals surface area contributed by atoms with Crippen LogP contribution in [0.2, 0.25) is 5.02 Å². The Labute approximate surface area is 209 Å². The van der Waals surface area contributed by atoms with Crippen LogP contribution in [0.1, 0.15) is 19.6 Å². The van der Waals surface area contributed by atoms with Gasteiger partial charge in [-0.3, -0.25) is 14.5 Å². The fraction of sp³-hybridized carbons (Fsp3) is 0.292. The summed E-state index contributed by atoms with van der Waals surface area (Å²) in [7, 11) is 0. The normalized spacial score (nSPS) is 18.1. The summed E-state index contributed by atoms with van der Waals surface area (Å²) >= 11 is 5.72. The van der Waals surface area contributed by atoms with Crippen molar-refractivity contribution in [3.05, 3.63) is 65.5 Å². The van der Waals surface area contributed by atoms with Crippen LogP contribution in [0.4, 0.5) is 18.9 Å². The molecule has 4 rings (SSSR count). The van der Waals surface area contributed by atoms with Gasteiger partial charge in [0.15, 0.2) is 6.29 Å². The summed E-state index contributed by atoms with van der Waals surface area (Å²) in [6.45, 7) is 4.22.